The molecule has 0 aromatic carbocycles. The maximum atomic E-state index is 6.02. The zero-order valence-electron chi connectivity index (χ0n) is 10.6. The van der Waals surface area contributed by atoms with Crippen molar-refractivity contribution >= 4 is 23.2 Å². The van der Waals surface area contributed by atoms with E-state index in [4.69, 9.17) is 32.7 Å². The summed E-state index contributed by atoms with van der Waals surface area (Å²) in [6.45, 7) is 6.54. The Bertz CT molecular complexity index is 159. The largest absolute Gasteiger partial charge is 0.385 e. The Hall–Kier alpha value is 0.500. The van der Waals surface area contributed by atoms with Gasteiger partial charge in [0.1, 0.15) is 0 Å². The number of hydrogen-bond donors (Lipinski definition) is 0. The summed E-state index contributed by atoms with van der Waals surface area (Å²) in [5.74, 6) is 1.66. The van der Waals surface area contributed by atoms with Gasteiger partial charge in [-0.2, -0.15) is 0 Å². The van der Waals surface area contributed by atoms with Crippen LogP contribution in [0.4, 0.5) is 0 Å². The molecule has 0 saturated heterocycles. The fourth-order valence-corrected chi connectivity index (χ4v) is 2.62. The summed E-state index contributed by atoms with van der Waals surface area (Å²) in [7, 11) is 1.70. The first-order valence-electron chi connectivity index (χ1n) is 5.81. The summed E-state index contributed by atoms with van der Waals surface area (Å²) in [5, 5.41) is 0. The van der Waals surface area contributed by atoms with Gasteiger partial charge in [-0.25, -0.2) is 0 Å². The molecule has 0 aromatic heterocycles. The lowest BCUT2D eigenvalue weighted by molar-refractivity contribution is 0.0742. The molecule has 0 saturated carbocycles. The van der Waals surface area contributed by atoms with Crippen LogP contribution in [0.2, 0.25) is 0 Å². The predicted octanol–water partition coefficient (Wildman–Crippen LogP) is 3.55. The highest BCUT2D eigenvalue weighted by Crippen LogP contribution is 2.34. The molecule has 0 rings (SSSR count). The van der Waals surface area contributed by atoms with Crippen molar-refractivity contribution in [3.8, 4) is 0 Å². The Balaban J connectivity index is 3.77. The number of ether oxygens (including phenoxy) is 2. The van der Waals surface area contributed by atoms with Crippen LogP contribution >= 0.6 is 23.2 Å². The van der Waals surface area contributed by atoms with Gasteiger partial charge in [0.2, 0.25) is 0 Å². The van der Waals surface area contributed by atoms with E-state index in [1.165, 1.54) is 0 Å². The fraction of sp³-hybridized carbons (Fsp3) is 1.00. The van der Waals surface area contributed by atoms with E-state index in [2.05, 4.69) is 13.8 Å². The topological polar surface area (TPSA) is 18.5 Å². The molecule has 2 nitrogen and oxygen atoms in total. The monoisotopic (exact) mass is 270 g/mol. The summed E-state index contributed by atoms with van der Waals surface area (Å²) in [4.78, 5) is 0. The molecule has 0 fully saturated rings. The SMILES string of the molecule is COCCCOCCC(CCl)(CCl)C(C)C. The molecule has 98 valence electrons. The van der Waals surface area contributed by atoms with Crippen LogP contribution in [0.3, 0.4) is 0 Å². The van der Waals surface area contributed by atoms with Crippen LogP contribution in [0, 0.1) is 11.3 Å². The Labute approximate surface area is 110 Å². The van der Waals surface area contributed by atoms with Crippen molar-refractivity contribution in [3.05, 3.63) is 0 Å². The molecule has 0 unspecified atom stereocenters. The van der Waals surface area contributed by atoms with Crippen LogP contribution in [-0.2, 0) is 9.47 Å². The zero-order valence-corrected chi connectivity index (χ0v) is 12.1. The van der Waals surface area contributed by atoms with Gasteiger partial charge in [0.25, 0.3) is 0 Å². The Morgan fingerprint density at radius 2 is 1.69 bits per heavy atom. The molecule has 0 aliphatic rings. The third-order valence-corrected chi connectivity index (χ3v) is 4.20. The quantitative estimate of drug-likeness (QED) is 0.447. The van der Waals surface area contributed by atoms with Crippen molar-refractivity contribution in [1.82, 2.24) is 0 Å². The van der Waals surface area contributed by atoms with E-state index in [0.717, 1.165) is 32.7 Å². The van der Waals surface area contributed by atoms with Crippen molar-refractivity contribution in [3.63, 3.8) is 0 Å². The van der Waals surface area contributed by atoms with Gasteiger partial charge < -0.3 is 9.47 Å². The zero-order chi connectivity index (χ0) is 12.4. The molecular formula is C12H24Cl2O2. The molecule has 16 heavy (non-hydrogen) atoms. The van der Waals surface area contributed by atoms with Crippen LogP contribution in [0.15, 0.2) is 0 Å². The van der Waals surface area contributed by atoms with Crippen LogP contribution < -0.4 is 0 Å². The molecule has 0 radical (unpaired) electrons. The second-order valence-corrected chi connectivity index (χ2v) is 5.03. The first-order chi connectivity index (χ1) is 7.63. The van der Waals surface area contributed by atoms with Gasteiger partial charge in [-0.15, -0.1) is 23.2 Å². The number of rotatable bonds is 10. The van der Waals surface area contributed by atoms with E-state index >= 15 is 0 Å². The van der Waals surface area contributed by atoms with E-state index in [-0.39, 0.29) is 5.41 Å². The summed E-state index contributed by atoms with van der Waals surface area (Å²) >= 11 is 12.0. The average molecular weight is 271 g/mol. The van der Waals surface area contributed by atoms with Crippen molar-refractivity contribution in [2.45, 2.75) is 26.7 Å². The molecule has 0 heterocycles. The molecule has 0 aromatic rings. The first kappa shape index (κ1) is 16.5. The molecule has 4 heteroatoms. The minimum Gasteiger partial charge on any atom is -0.385 e. The highest BCUT2D eigenvalue weighted by atomic mass is 35.5. The normalized spacial score (nSPS) is 12.4. The molecule has 0 aliphatic carbocycles. The number of alkyl halides is 2. The summed E-state index contributed by atoms with van der Waals surface area (Å²) < 4.78 is 10.5. The van der Waals surface area contributed by atoms with Crippen LogP contribution in [0.25, 0.3) is 0 Å². The Kier molecular flexibility index (Phi) is 9.82. The molecule has 0 N–H and O–H groups in total. The van der Waals surface area contributed by atoms with Gasteiger partial charge in [-0.05, 0) is 18.8 Å². The summed E-state index contributed by atoms with van der Waals surface area (Å²) in [6.07, 6.45) is 1.86. The van der Waals surface area contributed by atoms with Crippen molar-refractivity contribution < 1.29 is 9.47 Å². The van der Waals surface area contributed by atoms with Gasteiger partial charge in [0.15, 0.2) is 0 Å². The predicted molar refractivity (Wildman–Crippen MR) is 70.6 cm³/mol. The van der Waals surface area contributed by atoms with E-state index in [1.807, 2.05) is 0 Å². The van der Waals surface area contributed by atoms with Crippen molar-refractivity contribution in [1.29, 1.82) is 0 Å². The first-order valence-corrected chi connectivity index (χ1v) is 6.88. The minimum absolute atomic E-state index is 0.00433. The van der Waals surface area contributed by atoms with Crippen LogP contribution in [-0.4, -0.2) is 38.7 Å². The maximum absolute atomic E-state index is 6.02. The van der Waals surface area contributed by atoms with E-state index in [9.17, 15) is 0 Å². The average Bonchev–Trinajstić information content (AvgIpc) is 2.28. The van der Waals surface area contributed by atoms with Crippen LogP contribution in [0.5, 0.6) is 0 Å². The highest BCUT2D eigenvalue weighted by Gasteiger charge is 2.31. The number of hydrogen-bond acceptors (Lipinski definition) is 2. The van der Waals surface area contributed by atoms with E-state index in [0.29, 0.717) is 17.7 Å². The highest BCUT2D eigenvalue weighted by molar-refractivity contribution is 6.21. The lowest BCUT2D eigenvalue weighted by Gasteiger charge is -2.33. The molecule has 0 spiro atoms. The van der Waals surface area contributed by atoms with Crippen LogP contribution in [0.1, 0.15) is 26.7 Å². The van der Waals surface area contributed by atoms with E-state index < -0.39 is 0 Å². The smallest absolute Gasteiger partial charge is 0.0487 e. The van der Waals surface area contributed by atoms with Gasteiger partial charge in [0, 0.05) is 44.1 Å². The van der Waals surface area contributed by atoms with Gasteiger partial charge in [0.05, 0.1) is 0 Å². The number of methoxy groups -OCH3 is 1. The third-order valence-electron chi connectivity index (χ3n) is 3.14. The van der Waals surface area contributed by atoms with Gasteiger partial charge >= 0.3 is 0 Å². The van der Waals surface area contributed by atoms with Gasteiger partial charge in [-0.3, -0.25) is 0 Å². The molecule has 0 atom stereocenters. The second-order valence-electron chi connectivity index (χ2n) is 4.49. The van der Waals surface area contributed by atoms with Crippen molar-refractivity contribution in [2.24, 2.45) is 11.3 Å². The number of halogens is 2. The standard InChI is InChI=1S/C12H24Cl2O2/c1-11(2)12(9-13,10-14)5-8-16-7-4-6-15-3/h11H,4-10H2,1-3H3. The maximum Gasteiger partial charge on any atom is 0.0487 e. The molecule has 0 amide bonds. The second kappa shape index (κ2) is 9.52. The minimum atomic E-state index is 0.00433. The molecular weight excluding hydrogens is 247 g/mol. The van der Waals surface area contributed by atoms with Crippen molar-refractivity contribution in [2.75, 3.05) is 38.7 Å². The Morgan fingerprint density at radius 3 is 2.12 bits per heavy atom. The molecule has 0 aliphatic heterocycles. The summed E-state index contributed by atoms with van der Waals surface area (Å²) in [6, 6.07) is 0. The lowest BCUT2D eigenvalue weighted by atomic mass is 9.78. The third kappa shape index (κ3) is 5.72. The fourth-order valence-electron chi connectivity index (χ4n) is 1.45. The lowest BCUT2D eigenvalue weighted by Crippen LogP contribution is -2.33. The summed E-state index contributed by atoms with van der Waals surface area (Å²) in [5.41, 5.74) is 0.00433. The Morgan fingerprint density at radius 1 is 1.06 bits per heavy atom. The van der Waals surface area contributed by atoms with Gasteiger partial charge in [-0.1, -0.05) is 13.8 Å². The van der Waals surface area contributed by atoms with E-state index in [1.54, 1.807) is 7.11 Å². The molecule has 0 bridgehead atoms.